The summed E-state index contributed by atoms with van der Waals surface area (Å²) < 4.78 is 5.30. The Hall–Kier alpha value is -1.35. The van der Waals surface area contributed by atoms with Crippen LogP contribution in [0.15, 0.2) is 30.3 Å². The number of ether oxygens (including phenoxy) is 1. The summed E-state index contributed by atoms with van der Waals surface area (Å²) in [5.74, 6) is -0.489. The summed E-state index contributed by atoms with van der Waals surface area (Å²) in [4.78, 5) is 12.0. The lowest BCUT2D eigenvalue weighted by molar-refractivity contribution is -0.154. The molecule has 3 heteroatoms. The molecule has 1 aliphatic rings. The van der Waals surface area contributed by atoms with Crippen molar-refractivity contribution in [2.24, 2.45) is 11.8 Å². The highest BCUT2D eigenvalue weighted by Crippen LogP contribution is 2.29. The zero-order valence-electron chi connectivity index (χ0n) is 12.1. The molecule has 2 atom stereocenters. The van der Waals surface area contributed by atoms with Gasteiger partial charge < -0.3 is 9.84 Å². The SMILES string of the molecule is C[C@@H](C(=O)OCc1ccccc1)[C@@H](O)C1CCCCC1. The third-order valence-electron chi connectivity index (χ3n) is 4.24. The first-order chi connectivity index (χ1) is 9.68. The Labute approximate surface area is 121 Å². The lowest BCUT2D eigenvalue weighted by Crippen LogP contribution is -2.34. The maximum Gasteiger partial charge on any atom is 0.311 e. The predicted octanol–water partition coefficient (Wildman–Crippen LogP) is 3.31. The summed E-state index contributed by atoms with van der Waals surface area (Å²) in [5.41, 5.74) is 0.972. The summed E-state index contributed by atoms with van der Waals surface area (Å²) in [6.45, 7) is 2.05. The summed E-state index contributed by atoms with van der Waals surface area (Å²) >= 11 is 0. The van der Waals surface area contributed by atoms with Gasteiger partial charge in [-0.2, -0.15) is 0 Å². The van der Waals surface area contributed by atoms with Crippen LogP contribution in [0.4, 0.5) is 0 Å². The van der Waals surface area contributed by atoms with E-state index in [1.165, 1.54) is 6.42 Å². The fourth-order valence-electron chi connectivity index (χ4n) is 2.88. The molecule has 0 aromatic heterocycles. The molecule has 3 nitrogen and oxygen atoms in total. The molecule has 0 unspecified atom stereocenters. The van der Waals surface area contributed by atoms with E-state index in [4.69, 9.17) is 4.74 Å². The van der Waals surface area contributed by atoms with Crippen molar-refractivity contribution in [3.63, 3.8) is 0 Å². The van der Waals surface area contributed by atoms with Crippen molar-refractivity contribution in [2.75, 3.05) is 0 Å². The second-order valence-electron chi connectivity index (χ2n) is 5.77. The standard InChI is InChI=1S/C17H24O3/c1-13(16(18)15-10-6-3-7-11-15)17(19)20-12-14-8-4-2-5-9-14/h2,4-5,8-9,13,15-16,18H,3,6-7,10-12H2,1H3/t13-,16-/m1/s1. The van der Waals surface area contributed by atoms with E-state index in [9.17, 15) is 9.90 Å². The number of carbonyl (C=O) groups is 1. The van der Waals surface area contributed by atoms with Crippen LogP contribution in [0.1, 0.15) is 44.6 Å². The van der Waals surface area contributed by atoms with E-state index in [1.54, 1.807) is 6.92 Å². The van der Waals surface area contributed by atoms with Gasteiger partial charge in [0, 0.05) is 0 Å². The lowest BCUT2D eigenvalue weighted by atomic mass is 9.81. The van der Waals surface area contributed by atoms with Crippen molar-refractivity contribution in [1.29, 1.82) is 0 Å². The molecule has 0 aliphatic heterocycles. The number of aliphatic hydroxyl groups is 1. The van der Waals surface area contributed by atoms with E-state index in [0.717, 1.165) is 31.2 Å². The van der Waals surface area contributed by atoms with Crippen LogP contribution in [-0.4, -0.2) is 17.2 Å². The minimum absolute atomic E-state index is 0.253. The molecule has 0 spiro atoms. The molecule has 20 heavy (non-hydrogen) atoms. The zero-order chi connectivity index (χ0) is 14.4. The first kappa shape index (κ1) is 15.0. The Morgan fingerprint density at radius 2 is 1.90 bits per heavy atom. The van der Waals surface area contributed by atoms with Crippen molar-refractivity contribution in [3.8, 4) is 0 Å². The molecule has 1 saturated carbocycles. The fourth-order valence-corrected chi connectivity index (χ4v) is 2.88. The molecule has 1 aromatic carbocycles. The summed E-state index contributed by atoms with van der Waals surface area (Å²) in [6, 6.07) is 9.62. The Morgan fingerprint density at radius 1 is 1.25 bits per heavy atom. The number of carbonyl (C=O) groups excluding carboxylic acids is 1. The van der Waals surface area contributed by atoms with E-state index in [1.807, 2.05) is 30.3 Å². The molecule has 0 radical (unpaired) electrons. The maximum atomic E-state index is 12.0. The van der Waals surface area contributed by atoms with Gasteiger partial charge in [-0.15, -0.1) is 0 Å². The number of hydrogen-bond acceptors (Lipinski definition) is 3. The molecule has 1 N–H and O–H groups in total. The molecule has 1 aliphatic carbocycles. The topological polar surface area (TPSA) is 46.5 Å². The molecule has 0 saturated heterocycles. The quantitative estimate of drug-likeness (QED) is 0.839. The Kier molecular flexibility index (Phi) is 5.60. The van der Waals surface area contributed by atoms with E-state index < -0.39 is 12.0 Å². The Morgan fingerprint density at radius 3 is 2.55 bits per heavy atom. The number of benzene rings is 1. The predicted molar refractivity (Wildman–Crippen MR) is 78.0 cm³/mol. The van der Waals surface area contributed by atoms with Crippen LogP contribution in [0.2, 0.25) is 0 Å². The molecule has 1 aromatic rings. The third-order valence-corrected chi connectivity index (χ3v) is 4.24. The maximum absolute atomic E-state index is 12.0. The van der Waals surface area contributed by atoms with E-state index in [2.05, 4.69) is 0 Å². The largest absolute Gasteiger partial charge is 0.461 e. The molecule has 2 rings (SSSR count). The molecule has 0 bridgehead atoms. The van der Waals surface area contributed by atoms with Crippen LogP contribution >= 0.6 is 0 Å². The monoisotopic (exact) mass is 276 g/mol. The Balaban J connectivity index is 1.81. The fraction of sp³-hybridized carbons (Fsp3) is 0.588. The molecule has 110 valence electrons. The van der Waals surface area contributed by atoms with Gasteiger partial charge in [-0.1, -0.05) is 49.6 Å². The van der Waals surface area contributed by atoms with Gasteiger partial charge in [-0.25, -0.2) is 0 Å². The van der Waals surface area contributed by atoms with Gasteiger partial charge in [0.25, 0.3) is 0 Å². The zero-order valence-corrected chi connectivity index (χ0v) is 12.1. The van der Waals surface area contributed by atoms with Gasteiger partial charge in [0.2, 0.25) is 0 Å². The molecule has 1 fully saturated rings. The van der Waals surface area contributed by atoms with E-state index >= 15 is 0 Å². The molecular formula is C17H24O3. The molecular weight excluding hydrogens is 252 g/mol. The van der Waals surface area contributed by atoms with Crippen molar-refractivity contribution >= 4 is 5.97 Å². The van der Waals surface area contributed by atoms with E-state index in [0.29, 0.717) is 0 Å². The van der Waals surface area contributed by atoms with Crippen LogP contribution in [0, 0.1) is 11.8 Å². The first-order valence-electron chi connectivity index (χ1n) is 7.57. The minimum Gasteiger partial charge on any atom is -0.461 e. The minimum atomic E-state index is -0.571. The second kappa shape index (κ2) is 7.44. The van der Waals surface area contributed by atoms with Gasteiger partial charge in [0.1, 0.15) is 6.61 Å². The van der Waals surface area contributed by atoms with Crippen molar-refractivity contribution < 1.29 is 14.6 Å². The number of hydrogen-bond donors (Lipinski definition) is 1. The second-order valence-corrected chi connectivity index (χ2v) is 5.77. The number of esters is 1. The summed E-state index contributed by atoms with van der Waals surface area (Å²) in [7, 11) is 0. The van der Waals surface area contributed by atoms with Crippen LogP contribution in [0.3, 0.4) is 0 Å². The third kappa shape index (κ3) is 4.07. The van der Waals surface area contributed by atoms with Gasteiger partial charge in [-0.3, -0.25) is 4.79 Å². The van der Waals surface area contributed by atoms with E-state index in [-0.39, 0.29) is 18.5 Å². The smallest absolute Gasteiger partial charge is 0.311 e. The van der Waals surface area contributed by atoms with Gasteiger partial charge in [0.05, 0.1) is 12.0 Å². The average Bonchev–Trinajstić information content (AvgIpc) is 2.53. The lowest BCUT2D eigenvalue weighted by Gasteiger charge is -2.29. The highest BCUT2D eigenvalue weighted by atomic mass is 16.5. The van der Waals surface area contributed by atoms with Gasteiger partial charge in [-0.05, 0) is 31.2 Å². The summed E-state index contributed by atoms with van der Waals surface area (Å²) in [6.07, 6.45) is 5.05. The molecule has 0 amide bonds. The van der Waals surface area contributed by atoms with Crippen LogP contribution in [-0.2, 0) is 16.1 Å². The highest BCUT2D eigenvalue weighted by Gasteiger charge is 2.31. The van der Waals surface area contributed by atoms with Crippen LogP contribution in [0.25, 0.3) is 0 Å². The van der Waals surface area contributed by atoms with Gasteiger partial charge in [0.15, 0.2) is 0 Å². The number of aliphatic hydroxyl groups excluding tert-OH is 1. The molecule has 0 heterocycles. The van der Waals surface area contributed by atoms with Crippen LogP contribution < -0.4 is 0 Å². The van der Waals surface area contributed by atoms with Crippen molar-refractivity contribution in [2.45, 2.75) is 51.7 Å². The normalized spacial score (nSPS) is 19.3. The van der Waals surface area contributed by atoms with Gasteiger partial charge >= 0.3 is 5.97 Å². The van der Waals surface area contributed by atoms with Crippen molar-refractivity contribution in [3.05, 3.63) is 35.9 Å². The van der Waals surface area contributed by atoms with Crippen LogP contribution in [0.5, 0.6) is 0 Å². The first-order valence-corrected chi connectivity index (χ1v) is 7.57. The average molecular weight is 276 g/mol. The Bertz CT molecular complexity index is 410. The van der Waals surface area contributed by atoms with Crippen molar-refractivity contribution in [1.82, 2.24) is 0 Å². The summed E-state index contributed by atoms with van der Waals surface area (Å²) in [5, 5.41) is 10.3. The number of rotatable bonds is 5. The highest BCUT2D eigenvalue weighted by molar-refractivity contribution is 5.72.